The summed E-state index contributed by atoms with van der Waals surface area (Å²) in [5.74, 6) is -0.350. The molecule has 168 valence electrons. The minimum Gasteiger partial charge on any atom is -0.326 e. The number of nitrogens with one attached hydrogen (secondary N) is 2. The predicted octanol–water partition coefficient (Wildman–Crippen LogP) is 2.98. The Hall–Kier alpha value is -3.04. The summed E-state index contributed by atoms with van der Waals surface area (Å²) in [4.78, 5) is 24.9. The average Bonchev–Trinajstić information content (AvgIpc) is 3.07. The van der Waals surface area contributed by atoms with Crippen LogP contribution in [0.5, 0.6) is 0 Å². The Kier molecular flexibility index (Phi) is 6.38. The van der Waals surface area contributed by atoms with E-state index in [-0.39, 0.29) is 22.8 Å². The van der Waals surface area contributed by atoms with Crippen molar-refractivity contribution in [2.45, 2.75) is 43.9 Å². The average molecular weight is 455 g/mol. The van der Waals surface area contributed by atoms with Gasteiger partial charge in [-0.15, -0.1) is 0 Å². The number of anilines is 1. The van der Waals surface area contributed by atoms with Gasteiger partial charge in [-0.3, -0.25) is 9.59 Å². The molecule has 1 aromatic heterocycles. The summed E-state index contributed by atoms with van der Waals surface area (Å²) in [5.41, 5.74) is 1.18. The van der Waals surface area contributed by atoms with Gasteiger partial charge in [-0.05, 0) is 43.5 Å². The number of H-pyrrole nitrogens is 1. The number of sulfonamides is 1. The van der Waals surface area contributed by atoms with E-state index in [1.807, 2.05) is 0 Å². The SMILES string of the molecule is Cc1ccc(NC(=O)Cc2n[nH]c(=O)c3ccccc23)cc1S(=O)(=O)N1CCCCCC1. The standard InChI is InChI=1S/C23H26N4O4S/c1-16-10-11-17(14-21(16)32(30,31)27-12-6-2-3-7-13-27)24-22(28)15-20-18-8-4-5-9-19(18)23(29)26-25-20/h4-5,8-11,14H,2-3,6-7,12-13,15H2,1H3,(H,24,28)(H,26,29). The molecule has 9 heteroatoms. The first-order chi connectivity index (χ1) is 15.4. The first-order valence-electron chi connectivity index (χ1n) is 10.7. The highest BCUT2D eigenvalue weighted by molar-refractivity contribution is 7.89. The van der Waals surface area contributed by atoms with Crippen LogP contribution in [0.15, 0.2) is 52.2 Å². The van der Waals surface area contributed by atoms with Crippen LogP contribution in [0.4, 0.5) is 5.69 Å². The second-order valence-electron chi connectivity index (χ2n) is 8.07. The largest absolute Gasteiger partial charge is 0.326 e. The maximum absolute atomic E-state index is 13.2. The second kappa shape index (κ2) is 9.22. The van der Waals surface area contributed by atoms with Crippen LogP contribution < -0.4 is 10.9 Å². The number of hydrogen-bond acceptors (Lipinski definition) is 5. The predicted molar refractivity (Wildman–Crippen MR) is 123 cm³/mol. The van der Waals surface area contributed by atoms with Gasteiger partial charge in [0.1, 0.15) is 0 Å². The molecule has 32 heavy (non-hydrogen) atoms. The molecule has 2 heterocycles. The van der Waals surface area contributed by atoms with Crippen LogP contribution in [0.2, 0.25) is 0 Å². The zero-order chi connectivity index (χ0) is 22.7. The zero-order valence-electron chi connectivity index (χ0n) is 17.9. The summed E-state index contributed by atoms with van der Waals surface area (Å²) in [6.07, 6.45) is 3.73. The lowest BCUT2D eigenvalue weighted by Crippen LogP contribution is -2.32. The van der Waals surface area contributed by atoms with Gasteiger partial charge in [0.2, 0.25) is 15.9 Å². The molecule has 1 fully saturated rings. The summed E-state index contributed by atoms with van der Waals surface area (Å²) in [7, 11) is -3.64. The molecule has 1 aliphatic heterocycles. The number of carbonyl (C=O) groups excluding carboxylic acids is 1. The van der Waals surface area contributed by atoms with Crippen LogP contribution in [-0.2, 0) is 21.2 Å². The molecule has 1 saturated heterocycles. The first kappa shape index (κ1) is 22.2. The van der Waals surface area contributed by atoms with Crippen LogP contribution in [0.25, 0.3) is 10.8 Å². The van der Waals surface area contributed by atoms with Gasteiger partial charge in [0.25, 0.3) is 5.56 Å². The Balaban J connectivity index is 1.56. The molecule has 0 radical (unpaired) electrons. The fourth-order valence-corrected chi connectivity index (χ4v) is 5.81. The van der Waals surface area contributed by atoms with Gasteiger partial charge < -0.3 is 5.32 Å². The van der Waals surface area contributed by atoms with E-state index in [0.29, 0.717) is 40.8 Å². The second-order valence-corrected chi connectivity index (χ2v) is 9.97. The van der Waals surface area contributed by atoms with Crippen LogP contribution in [-0.4, -0.2) is 41.9 Å². The van der Waals surface area contributed by atoms with Gasteiger partial charge in [0.15, 0.2) is 0 Å². The minimum atomic E-state index is -3.64. The van der Waals surface area contributed by atoms with Crippen molar-refractivity contribution in [1.29, 1.82) is 0 Å². The molecule has 1 aliphatic rings. The number of hydrogen-bond donors (Lipinski definition) is 2. The van der Waals surface area contributed by atoms with Crippen LogP contribution in [0.3, 0.4) is 0 Å². The van der Waals surface area contributed by atoms with Crippen molar-refractivity contribution < 1.29 is 13.2 Å². The van der Waals surface area contributed by atoms with Gasteiger partial charge >= 0.3 is 0 Å². The maximum Gasteiger partial charge on any atom is 0.272 e. The number of benzene rings is 2. The topological polar surface area (TPSA) is 112 Å². The lowest BCUT2D eigenvalue weighted by Gasteiger charge is -2.21. The Morgan fingerprint density at radius 2 is 1.75 bits per heavy atom. The molecule has 2 aromatic carbocycles. The molecule has 1 amide bonds. The lowest BCUT2D eigenvalue weighted by molar-refractivity contribution is -0.115. The highest BCUT2D eigenvalue weighted by Gasteiger charge is 2.27. The number of fused-ring (bicyclic) bond motifs is 1. The molecule has 0 spiro atoms. The number of nitrogens with zero attached hydrogens (tertiary/aromatic N) is 2. The van der Waals surface area contributed by atoms with Crippen molar-refractivity contribution in [3.05, 3.63) is 64.1 Å². The van der Waals surface area contributed by atoms with Crippen LogP contribution >= 0.6 is 0 Å². The third-order valence-electron chi connectivity index (χ3n) is 5.76. The molecular weight excluding hydrogens is 428 g/mol. The molecule has 8 nitrogen and oxygen atoms in total. The smallest absolute Gasteiger partial charge is 0.272 e. The number of amides is 1. The van der Waals surface area contributed by atoms with Crippen molar-refractivity contribution in [3.63, 3.8) is 0 Å². The molecule has 0 aliphatic carbocycles. The summed E-state index contributed by atoms with van der Waals surface area (Å²) in [5, 5.41) is 10.3. The van der Waals surface area contributed by atoms with Crippen LogP contribution in [0, 0.1) is 6.92 Å². The molecule has 0 bridgehead atoms. The van der Waals surface area contributed by atoms with E-state index in [1.54, 1.807) is 47.6 Å². The van der Waals surface area contributed by atoms with E-state index in [9.17, 15) is 18.0 Å². The lowest BCUT2D eigenvalue weighted by atomic mass is 10.1. The van der Waals surface area contributed by atoms with Crippen molar-refractivity contribution in [1.82, 2.24) is 14.5 Å². The van der Waals surface area contributed by atoms with Crippen molar-refractivity contribution >= 4 is 32.4 Å². The zero-order valence-corrected chi connectivity index (χ0v) is 18.7. The third kappa shape index (κ3) is 4.58. The molecule has 0 saturated carbocycles. The van der Waals surface area contributed by atoms with Crippen molar-refractivity contribution in [3.8, 4) is 0 Å². The molecule has 0 atom stereocenters. The fourth-order valence-electron chi connectivity index (χ4n) is 4.04. The molecule has 0 unspecified atom stereocenters. The van der Waals surface area contributed by atoms with Gasteiger partial charge in [-0.25, -0.2) is 13.5 Å². The Labute approximate surface area is 186 Å². The molecule has 2 N–H and O–H groups in total. The normalized spacial score (nSPS) is 15.4. The summed E-state index contributed by atoms with van der Waals surface area (Å²) in [6, 6.07) is 11.9. The fraction of sp³-hybridized carbons (Fsp3) is 0.348. The number of rotatable bonds is 5. The van der Waals surface area contributed by atoms with E-state index < -0.39 is 10.0 Å². The summed E-state index contributed by atoms with van der Waals surface area (Å²) >= 11 is 0. The summed E-state index contributed by atoms with van der Waals surface area (Å²) in [6.45, 7) is 2.79. The van der Waals surface area contributed by atoms with E-state index in [2.05, 4.69) is 15.5 Å². The van der Waals surface area contributed by atoms with E-state index in [1.165, 1.54) is 6.07 Å². The molecule has 4 rings (SSSR count). The highest BCUT2D eigenvalue weighted by Crippen LogP contribution is 2.26. The maximum atomic E-state index is 13.2. The monoisotopic (exact) mass is 454 g/mol. The molecule has 3 aromatic rings. The highest BCUT2D eigenvalue weighted by atomic mass is 32.2. The quantitative estimate of drug-likeness (QED) is 0.616. The number of aromatic amines is 1. The third-order valence-corrected chi connectivity index (χ3v) is 7.80. The Morgan fingerprint density at radius 1 is 1.06 bits per heavy atom. The molecular formula is C23H26N4O4S. The van der Waals surface area contributed by atoms with E-state index in [4.69, 9.17) is 0 Å². The van der Waals surface area contributed by atoms with Crippen LogP contribution in [0.1, 0.15) is 36.9 Å². The van der Waals surface area contributed by atoms with Gasteiger partial charge in [0, 0.05) is 24.2 Å². The first-order valence-corrected chi connectivity index (χ1v) is 12.2. The number of aryl methyl sites for hydroxylation is 1. The van der Waals surface area contributed by atoms with E-state index >= 15 is 0 Å². The van der Waals surface area contributed by atoms with Gasteiger partial charge in [0.05, 0.1) is 22.4 Å². The minimum absolute atomic E-state index is 0.0562. The van der Waals surface area contributed by atoms with Gasteiger partial charge in [-0.1, -0.05) is 37.1 Å². The Morgan fingerprint density at radius 3 is 2.47 bits per heavy atom. The number of carbonyl (C=O) groups is 1. The van der Waals surface area contributed by atoms with E-state index in [0.717, 1.165) is 25.7 Å². The van der Waals surface area contributed by atoms with Crippen molar-refractivity contribution in [2.24, 2.45) is 0 Å². The number of aromatic nitrogens is 2. The summed E-state index contributed by atoms with van der Waals surface area (Å²) < 4.78 is 28.0. The van der Waals surface area contributed by atoms with Gasteiger partial charge in [-0.2, -0.15) is 9.40 Å². The Bertz CT molecular complexity index is 1310. The van der Waals surface area contributed by atoms with Crippen molar-refractivity contribution in [2.75, 3.05) is 18.4 Å².